The normalized spacial score (nSPS) is 19.9. The Labute approximate surface area is 323 Å². The summed E-state index contributed by atoms with van der Waals surface area (Å²) in [6.07, 6.45) is 0. The average Bonchev–Trinajstić information content (AvgIpc) is 3.16. The lowest BCUT2D eigenvalue weighted by Crippen LogP contribution is -2.42. The molecular formula is C40H50ClN4O8P. The van der Waals surface area contributed by atoms with E-state index in [1.807, 2.05) is 81.1 Å². The van der Waals surface area contributed by atoms with E-state index in [-0.39, 0.29) is 48.9 Å². The summed E-state index contributed by atoms with van der Waals surface area (Å²) in [4.78, 5) is 32.6. The number of nitrogens with zero attached hydrogens (tertiary/aromatic N) is 4. The standard InChI is InChI=1S/C40H49N4O8P.ClH/c1-30-36(39(45)50-25-22-42(34-15-9-6-10-16-34)27-32-12-7-5-8-13-32)37(33-14-11-17-35(26-33)44(46)47)38(53(48)51-28-40(3,4)29-52-53)31(2)43(30)19-18-41-20-23-49-24-21-41;/h5-17,26,37H,18-25,27-29H2,1-4H3;1H. The van der Waals surface area contributed by atoms with Gasteiger partial charge in [0.15, 0.2) is 0 Å². The Bertz CT molecular complexity index is 1870. The van der Waals surface area contributed by atoms with E-state index >= 15 is 0 Å². The van der Waals surface area contributed by atoms with Crippen molar-refractivity contribution in [3.63, 3.8) is 0 Å². The number of esters is 1. The van der Waals surface area contributed by atoms with E-state index in [1.54, 1.807) is 12.1 Å². The van der Waals surface area contributed by atoms with E-state index in [9.17, 15) is 19.5 Å². The fourth-order valence-electron chi connectivity index (χ4n) is 7.06. The van der Waals surface area contributed by atoms with Crippen LogP contribution in [0.5, 0.6) is 0 Å². The van der Waals surface area contributed by atoms with Gasteiger partial charge in [0.2, 0.25) is 0 Å². The number of hydrogen-bond acceptors (Lipinski definition) is 11. The summed E-state index contributed by atoms with van der Waals surface area (Å²) < 4.78 is 39.0. The largest absolute Gasteiger partial charge is 0.460 e. The second-order valence-electron chi connectivity index (χ2n) is 14.4. The molecule has 3 aliphatic heterocycles. The molecule has 0 N–H and O–H groups in total. The second kappa shape index (κ2) is 18.1. The lowest BCUT2D eigenvalue weighted by molar-refractivity contribution is -0.384. The number of carbonyl (C=O) groups is 1. The molecule has 6 rings (SSSR count). The van der Waals surface area contributed by atoms with Gasteiger partial charge < -0.3 is 28.3 Å². The molecule has 3 heterocycles. The van der Waals surface area contributed by atoms with Gasteiger partial charge in [-0.15, -0.1) is 12.4 Å². The molecule has 3 aromatic rings. The van der Waals surface area contributed by atoms with Gasteiger partial charge in [0.25, 0.3) is 5.69 Å². The number of non-ortho nitro benzene ring substituents is 1. The van der Waals surface area contributed by atoms with E-state index in [4.69, 9.17) is 18.5 Å². The summed E-state index contributed by atoms with van der Waals surface area (Å²) in [5.41, 5.74) is 3.48. The quantitative estimate of drug-likeness (QED) is 0.0732. The van der Waals surface area contributed by atoms with Crippen molar-refractivity contribution >= 4 is 37.3 Å². The molecule has 0 spiro atoms. The monoisotopic (exact) mass is 780 g/mol. The number of morpholine rings is 1. The number of carbonyl (C=O) groups excluding carboxylic acids is 1. The van der Waals surface area contributed by atoms with Crippen molar-refractivity contribution in [2.24, 2.45) is 5.41 Å². The SMILES string of the molecule is CC1=C(C(=O)OCCN(Cc2ccccc2)c2ccccc2)C(c2cccc([N+](=O)[O-])c2)C(P2(=O)OCC(C)(C)CO2)=C(C)N1CCN1CCOCC1.Cl. The van der Waals surface area contributed by atoms with Gasteiger partial charge in [-0.25, -0.2) is 4.79 Å². The third-order valence-electron chi connectivity index (χ3n) is 9.99. The zero-order valence-electron chi connectivity index (χ0n) is 31.3. The number of rotatable bonds is 13. The van der Waals surface area contributed by atoms with Crippen LogP contribution < -0.4 is 4.90 Å². The predicted octanol–water partition coefficient (Wildman–Crippen LogP) is 7.77. The number of nitro benzene ring substituents is 1. The number of nitro groups is 1. The molecule has 290 valence electrons. The minimum atomic E-state index is -4.02. The van der Waals surface area contributed by atoms with Crippen LogP contribution in [0.15, 0.2) is 107 Å². The van der Waals surface area contributed by atoms with Crippen LogP contribution in [0.3, 0.4) is 0 Å². The molecule has 0 aromatic heterocycles. The van der Waals surface area contributed by atoms with Crippen LogP contribution in [-0.4, -0.2) is 86.5 Å². The molecular weight excluding hydrogens is 731 g/mol. The van der Waals surface area contributed by atoms with Crippen molar-refractivity contribution in [3.8, 4) is 0 Å². The molecule has 0 amide bonds. The summed E-state index contributed by atoms with van der Waals surface area (Å²) in [5, 5.41) is 12.3. The first-order valence-corrected chi connectivity index (χ1v) is 19.6. The molecule has 3 aliphatic rings. The van der Waals surface area contributed by atoms with Crippen molar-refractivity contribution in [2.45, 2.75) is 40.2 Å². The summed E-state index contributed by atoms with van der Waals surface area (Å²) in [6.45, 7) is 13.1. The Morgan fingerprint density at radius 3 is 2.24 bits per heavy atom. The van der Waals surface area contributed by atoms with E-state index in [0.29, 0.717) is 61.7 Å². The highest BCUT2D eigenvalue weighted by Gasteiger charge is 2.49. The highest BCUT2D eigenvalue weighted by molar-refractivity contribution is 7.58. The van der Waals surface area contributed by atoms with Gasteiger partial charge >= 0.3 is 13.6 Å². The molecule has 2 saturated heterocycles. The molecule has 54 heavy (non-hydrogen) atoms. The molecule has 2 fully saturated rings. The Morgan fingerprint density at radius 1 is 0.944 bits per heavy atom. The van der Waals surface area contributed by atoms with Gasteiger partial charge in [0.05, 0.1) is 54.7 Å². The molecule has 1 atom stereocenters. The highest BCUT2D eigenvalue weighted by Crippen LogP contribution is 2.67. The van der Waals surface area contributed by atoms with E-state index in [1.165, 1.54) is 12.1 Å². The minimum Gasteiger partial charge on any atom is -0.460 e. The first-order valence-electron chi connectivity index (χ1n) is 18.1. The molecule has 0 bridgehead atoms. The lowest BCUT2D eigenvalue weighted by Gasteiger charge is -2.43. The number of hydrogen-bond donors (Lipinski definition) is 0. The Kier molecular flexibility index (Phi) is 13.8. The zero-order chi connectivity index (χ0) is 37.6. The van der Waals surface area contributed by atoms with Crippen molar-refractivity contribution in [3.05, 3.63) is 128 Å². The summed E-state index contributed by atoms with van der Waals surface area (Å²) in [5.74, 6) is -1.58. The number of halogens is 1. The molecule has 3 aromatic carbocycles. The lowest BCUT2D eigenvalue weighted by atomic mass is 9.85. The van der Waals surface area contributed by atoms with Crippen molar-refractivity contribution in [2.75, 3.05) is 70.7 Å². The fourth-order valence-corrected chi connectivity index (χ4v) is 9.56. The van der Waals surface area contributed by atoms with Crippen molar-refractivity contribution < 1.29 is 32.8 Å². The summed E-state index contributed by atoms with van der Waals surface area (Å²) in [7, 11) is -4.02. The summed E-state index contributed by atoms with van der Waals surface area (Å²) >= 11 is 0. The Morgan fingerprint density at radius 2 is 1.59 bits per heavy atom. The van der Waals surface area contributed by atoms with E-state index < -0.39 is 24.4 Å². The molecule has 0 radical (unpaired) electrons. The van der Waals surface area contributed by atoms with Crippen LogP contribution in [0.25, 0.3) is 0 Å². The third-order valence-corrected chi connectivity index (χ3v) is 12.1. The van der Waals surface area contributed by atoms with Crippen molar-refractivity contribution in [1.82, 2.24) is 9.80 Å². The second-order valence-corrected chi connectivity index (χ2v) is 16.4. The van der Waals surface area contributed by atoms with Gasteiger partial charge in [-0.3, -0.25) is 19.6 Å². The van der Waals surface area contributed by atoms with Gasteiger partial charge in [-0.05, 0) is 37.1 Å². The number of anilines is 1. The van der Waals surface area contributed by atoms with Crippen LogP contribution in [0.2, 0.25) is 0 Å². The molecule has 0 aliphatic carbocycles. The number of allylic oxidation sites excluding steroid dienone is 3. The Hall–Kier alpha value is -4.03. The first kappa shape index (κ1) is 41.1. The maximum Gasteiger partial charge on any atom is 0.360 e. The van der Waals surface area contributed by atoms with Crippen LogP contribution >= 0.6 is 20.0 Å². The molecule has 14 heteroatoms. The van der Waals surface area contributed by atoms with Crippen LogP contribution in [0.1, 0.15) is 44.7 Å². The summed E-state index contributed by atoms with van der Waals surface area (Å²) in [6, 6.07) is 26.1. The van der Waals surface area contributed by atoms with Gasteiger partial charge in [-0.2, -0.15) is 0 Å². The minimum absolute atomic E-state index is 0. The van der Waals surface area contributed by atoms with Crippen molar-refractivity contribution in [1.29, 1.82) is 0 Å². The third kappa shape index (κ3) is 9.60. The number of ether oxygens (including phenoxy) is 2. The van der Waals surface area contributed by atoms with Gasteiger partial charge in [-0.1, -0.05) is 74.5 Å². The fraction of sp³-hybridized carbons (Fsp3) is 0.425. The maximum atomic E-state index is 15.0. The zero-order valence-corrected chi connectivity index (χ0v) is 33.1. The topological polar surface area (TPSA) is 124 Å². The smallest absolute Gasteiger partial charge is 0.360 e. The predicted molar refractivity (Wildman–Crippen MR) is 211 cm³/mol. The van der Waals surface area contributed by atoms with E-state index in [0.717, 1.165) is 24.3 Å². The van der Waals surface area contributed by atoms with Gasteiger partial charge in [0, 0.05) is 67.4 Å². The highest BCUT2D eigenvalue weighted by atomic mass is 35.5. The maximum absolute atomic E-state index is 15.0. The molecule has 1 unspecified atom stereocenters. The van der Waals surface area contributed by atoms with E-state index in [2.05, 4.69) is 21.9 Å². The molecule has 12 nitrogen and oxygen atoms in total. The first-order chi connectivity index (χ1) is 25.5. The average molecular weight is 781 g/mol. The van der Waals surface area contributed by atoms with Gasteiger partial charge in [0.1, 0.15) is 6.61 Å². The Balaban J connectivity index is 0.00000561. The molecule has 0 saturated carbocycles. The number of para-hydroxylation sites is 1. The number of benzene rings is 3. The van der Waals surface area contributed by atoms with Crippen LogP contribution in [0, 0.1) is 15.5 Å². The van der Waals surface area contributed by atoms with Crippen LogP contribution in [0.4, 0.5) is 11.4 Å². The van der Waals surface area contributed by atoms with Crippen LogP contribution in [-0.2, 0) is 34.4 Å².